The summed E-state index contributed by atoms with van der Waals surface area (Å²) in [5, 5.41) is 0. The van der Waals surface area contributed by atoms with Crippen molar-refractivity contribution in [3.63, 3.8) is 0 Å². The SMILES string of the molecule is CCCCCCc1ccc(C2=CC(CCCC)=C(c3ccc(CCCC)cc3)[N+]2=[N-])cc1.CC[O][Ni][O]CC. The number of hydrogen-bond acceptors (Lipinski definition) is 2. The zero-order chi connectivity index (χ0) is 28.3. The Morgan fingerprint density at radius 1 is 0.615 bits per heavy atom. The quantitative estimate of drug-likeness (QED) is 0.107. The average molecular weight is 577 g/mol. The molecule has 0 amide bonds. The van der Waals surface area contributed by atoms with E-state index in [0.717, 1.165) is 69.7 Å². The van der Waals surface area contributed by atoms with E-state index in [2.05, 4.69) is 75.4 Å². The van der Waals surface area contributed by atoms with Crippen molar-refractivity contribution in [3.05, 3.63) is 88.0 Å². The second-order valence-corrected chi connectivity index (χ2v) is 10.7. The summed E-state index contributed by atoms with van der Waals surface area (Å²) in [6, 6.07) is 17.6. The molecule has 5 heteroatoms. The molecule has 3 rings (SSSR count). The van der Waals surface area contributed by atoms with Crippen LogP contribution in [0.25, 0.3) is 16.9 Å². The van der Waals surface area contributed by atoms with Gasteiger partial charge in [0.2, 0.25) is 11.4 Å². The van der Waals surface area contributed by atoms with Crippen LogP contribution >= 0.6 is 0 Å². The summed E-state index contributed by atoms with van der Waals surface area (Å²) in [6.45, 7) is 12.0. The molecule has 0 fully saturated rings. The third-order valence-corrected chi connectivity index (χ3v) is 7.53. The van der Waals surface area contributed by atoms with E-state index in [1.165, 1.54) is 59.9 Å². The molecule has 2 aromatic rings. The first kappa shape index (κ1) is 33.1. The van der Waals surface area contributed by atoms with Crippen LogP contribution in [0.2, 0.25) is 0 Å². The van der Waals surface area contributed by atoms with E-state index >= 15 is 0 Å². The molecule has 0 unspecified atom stereocenters. The predicted octanol–water partition coefficient (Wildman–Crippen LogP) is 10.1. The number of aryl methyl sites for hydroxylation is 2. The van der Waals surface area contributed by atoms with Crippen LogP contribution in [0.5, 0.6) is 0 Å². The average Bonchev–Trinajstić information content (AvgIpc) is 3.30. The number of unbranched alkanes of at least 4 members (excludes halogenated alkanes) is 5. The van der Waals surface area contributed by atoms with E-state index in [9.17, 15) is 5.53 Å². The Morgan fingerprint density at radius 3 is 1.67 bits per heavy atom. The summed E-state index contributed by atoms with van der Waals surface area (Å²) >= 11 is 0.899. The molecule has 0 bridgehead atoms. The number of allylic oxidation sites excluding steroid dienone is 2. The van der Waals surface area contributed by atoms with Crippen LogP contribution in [0, 0.1) is 0 Å². The van der Waals surface area contributed by atoms with Crippen molar-refractivity contribution in [1.82, 2.24) is 0 Å². The number of benzene rings is 2. The number of nitrogens with zero attached hydrogens (tertiary/aromatic N) is 2. The van der Waals surface area contributed by atoms with E-state index in [1.807, 2.05) is 13.8 Å². The normalized spacial score (nSPS) is 13.1. The first-order valence-corrected chi connectivity index (χ1v) is 15.9. The molecule has 218 valence electrons. The maximum absolute atomic E-state index is 11.2. The van der Waals surface area contributed by atoms with Gasteiger partial charge in [0.05, 0.1) is 0 Å². The fourth-order valence-electron chi connectivity index (χ4n) is 4.53. The molecule has 0 saturated carbocycles. The molecule has 0 spiro atoms. The zero-order valence-electron chi connectivity index (χ0n) is 24.9. The first-order valence-electron chi connectivity index (χ1n) is 15.0. The number of rotatable bonds is 17. The second-order valence-electron chi connectivity index (χ2n) is 9.94. The minimum absolute atomic E-state index is 0.708. The molecule has 39 heavy (non-hydrogen) atoms. The van der Waals surface area contributed by atoms with Crippen molar-refractivity contribution in [2.75, 3.05) is 13.2 Å². The van der Waals surface area contributed by atoms with Gasteiger partial charge in [-0.2, -0.15) is 0 Å². The summed E-state index contributed by atoms with van der Waals surface area (Å²) in [6.07, 6.45) is 15.3. The summed E-state index contributed by atoms with van der Waals surface area (Å²) in [5.74, 6) is 0. The Hall–Kier alpha value is -2.07. The molecule has 0 N–H and O–H groups in total. The molecule has 2 aromatic carbocycles. The van der Waals surface area contributed by atoms with E-state index in [-0.39, 0.29) is 0 Å². The van der Waals surface area contributed by atoms with Crippen molar-refractivity contribution >= 4 is 11.4 Å². The van der Waals surface area contributed by atoms with Crippen LogP contribution in [-0.4, -0.2) is 17.9 Å². The van der Waals surface area contributed by atoms with Gasteiger partial charge in [-0.3, -0.25) is 0 Å². The van der Waals surface area contributed by atoms with Crippen LogP contribution in [0.15, 0.2) is 60.2 Å². The van der Waals surface area contributed by atoms with Crippen molar-refractivity contribution < 1.29 is 27.5 Å². The van der Waals surface area contributed by atoms with Gasteiger partial charge in [0, 0.05) is 22.8 Å². The van der Waals surface area contributed by atoms with Crippen molar-refractivity contribution in [2.45, 2.75) is 105 Å². The summed E-state index contributed by atoms with van der Waals surface area (Å²) < 4.78 is 11.0. The van der Waals surface area contributed by atoms with E-state index in [4.69, 9.17) is 7.76 Å². The molecule has 4 nitrogen and oxygen atoms in total. The molecule has 1 aliphatic rings. The Morgan fingerprint density at radius 2 is 1.13 bits per heavy atom. The standard InChI is InChI=1S/C30H40N2.2C2H5O.Ni/c1-4-7-10-11-13-25-15-19-26(20-16-25)29-23-28(14-9-6-3)30(32(29)31)27-21-17-24(18-22-27)12-8-5-2;2*1-2-3;/h15-23H,4-14H2,1-3H3;2*2H2,1H3;/q;2*-1;+2. The molecule has 1 aliphatic heterocycles. The predicted molar refractivity (Wildman–Crippen MR) is 161 cm³/mol. The van der Waals surface area contributed by atoms with Gasteiger partial charge in [0.1, 0.15) is 0 Å². The summed E-state index contributed by atoms with van der Waals surface area (Å²) in [5.41, 5.74) is 19.2. The van der Waals surface area contributed by atoms with Crippen LogP contribution in [0.3, 0.4) is 0 Å². The number of hydrogen-bond donors (Lipinski definition) is 0. The third-order valence-electron chi connectivity index (χ3n) is 6.73. The van der Waals surface area contributed by atoms with Gasteiger partial charge in [0.25, 0.3) is 0 Å². The Kier molecular flexibility index (Phi) is 16.9. The third kappa shape index (κ3) is 11.5. The van der Waals surface area contributed by atoms with Crippen molar-refractivity contribution in [3.8, 4) is 0 Å². The molecule has 0 radical (unpaired) electrons. The molecule has 0 saturated heterocycles. The van der Waals surface area contributed by atoms with Crippen molar-refractivity contribution in [1.29, 1.82) is 0 Å². The van der Waals surface area contributed by atoms with Crippen LogP contribution in [0.1, 0.15) is 115 Å². The summed E-state index contributed by atoms with van der Waals surface area (Å²) in [4.78, 5) is 0. The molecule has 0 aromatic heterocycles. The molecular weight excluding hydrogens is 527 g/mol. The van der Waals surface area contributed by atoms with Crippen LogP contribution < -0.4 is 0 Å². The van der Waals surface area contributed by atoms with Gasteiger partial charge in [-0.1, -0.05) is 77.1 Å². The Bertz CT molecular complexity index is 1020. The van der Waals surface area contributed by atoms with E-state index in [0.29, 0.717) is 13.2 Å². The van der Waals surface area contributed by atoms with Crippen LogP contribution in [-0.2, 0) is 35.7 Å². The van der Waals surface area contributed by atoms with E-state index in [1.54, 1.807) is 0 Å². The fraction of sp³-hybridized carbons (Fsp3) is 0.529. The van der Waals surface area contributed by atoms with Gasteiger partial charge >= 0.3 is 49.9 Å². The van der Waals surface area contributed by atoms with Crippen molar-refractivity contribution in [2.24, 2.45) is 0 Å². The fourth-order valence-corrected chi connectivity index (χ4v) is 4.85. The van der Waals surface area contributed by atoms with Gasteiger partial charge < -0.3 is 5.53 Å². The topological polar surface area (TPSA) is 43.8 Å². The minimum atomic E-state index is 0.708. The van der Waals surface area contributed by atoms with Crippen LogP contribution in [0.4, 0.5) is 0 Å². The maximum atomic E-state index is 11.2. The molecular formula is C34H50N2NiO2. The van der Waals surface area contributed by atoms with Gasteiger partial charge in [-0.25, -0.2) is 4.70 Å². The van der Waals surface area contributed by atoms with E-state index < -0.39 is 0 Å². The van der Waals surface area contributed by atoms with Gasteiger partial charge in [-0.15, -0.1) is 0 Å². The first-order chi connectivity index (χ1) is 19.1. The monoisotopic (exact) mass is 576 g/mol. The Balaban J connectivity index is 0.000000673. The van der Waals surface area contributed by atoms with Gasteiger partial charge in [-0.05, 0) is 73.9 Å². The Labute approximate surface area is 244 Å². The molecule has 1 heterocycles. The molecule has 0 atom stereocenters. The second kappa shape index (κ2) is 19.9. The van der Waals surface area contributed by atoms with Gasteiger partial charge in [0.15, 0.2) is 0 Å². The zero-order valence-corrected chi connectivity index (χ0v) is 25.9. The molecule has 0 aliphatic carbocycles. The summed E-state index contributed by atoms with van der Waals surface area (Å²) in [7, 11) is 0.